The van der Waals surface area contributed by atoms with Crippen LogP contribution in [0.1, 0.15) is 35.1 Å². The second kappa shape index (κ2) is 4.35. The van der Waals surface area contributed by atoms with Crippen LogP contribution in [0, 0.1) is 0 Å². The Hall–Kier alpha value is -1.58. The van der Waals surface area contributed by atoms with Crippen molar-refractivity contribution in [1.29, 1.82) is 0 Å². The Morgan fingerprint density at radius 3 is 2.71 bits per heavy atom. The van der Waals surface area contributed by atoms with Gasteiger partial charge in [0.05, 0.1) is 11.3 Å². The predicted molar refractivity (Wildman–Crippen MR) is 67.0 cm³/mol. The van der Waals surface area contributed by atoms with Gasteiger partial charge in [0, 0.05) is 38.6 Å². The van der Waals surface area contributed by atoms with Crippen LogP contribution in [-0.2, 0) is 19.9 Å². The van der Waals surface area contributed by atoms with Crippen molar-refractivity contribution in [2.75, 3.05) is 14.1 Å². The summed E-state index contributed by atoms with van der Waals surface area (Å²) >= 11 is 0. The van der Waals surface area contributed by atoms with Gasteiger partial charge in [-0.05, 0) is 19.3 Å². The molecule has 0 atom stereocenters. The smallest absolute Gasteiger partial charge is 0.194 e. The van der Waals surface area contributed by atoms with Gasteiger partial charge in [-0.25, -0.2) is 0 Å². The molecule has 1 aliphatic carbocycles. The first kappa shape index (κ1) is 11.9. The van der Waals surface area contributed by atoms with Gasteiger partial charge in [0.2, 0.25) is 0 Å². The first-order chi connectivity index (χ1) is 8.04. The third-order valence-electron chi connectivity index (χ3n) is 3.14. The summed E-state index contributed by atoms with van der Waals surface area (Å²) in [7, 11) is 5.80. The number of carbonyl (C=O) groups is 1. The Kier molecular flexibility index (Phi) is 3.05. The third-order valence-corrected chi connectivity index (χ3v) is 3.14. The molecule has 92 valence electrons. The minimum atomic E-state index is 0.157. The lowest BCUT2D eigenvalue weighted by Gasteiger charge is -2.16. The molecular weight excluding hydrogens is 214 g/mol. The largest absolute Gasteiger partial charge is 0.383 e. The standard InChI is InChI=1S/C13H19N3O/c1-5-11-12-10(14-16(11)4)7-6-9(13(12)17)8-15(2)3/h8H,5-7H2,1-4H3. The van der Waals surface area contributed by atoms with Crippen molar-refractivity contribution < 1.29 is 4.79 Å². The maximum absolute atomic E-state index is 12.4. The van der Waals surface area contributed by atoms with E-state index in [1.54, 1.807) is 0 Å². The van der Waals surface area contributed by atoms with Crippen molar-refractivity contribution >= 4 is 5.78 Å². The second-order valence-electron chi connectivity index (χ2n) is 4.69. The van der Waals surface area contributed by atoms with Crippen LogP contribution in [0.4, 0.5) is 0 Å². The number of ketones is 1. The van der Waals surface area contributed by atoms with Gasteiger partial charge >= 0.3 is 0 Å². The molecule has 0 fully saturated rings. The lowest BCUT2D eigenvalue weighted by atomic mass is 9.90. The second-order valence-corrected chi connectivity index (χ2v) is 4.69. The zero-order valence-electron chi connectivity index (χ0n) is 10.9. The fraction of sp³-hybridized carbons (Fsp3) is 0.538. The minimum Gasteiger partial charge on any atom is -0.383 e. The first-order valence-corrected chi connectivity index (χ1v) is 6.01. The van der Waals surface area contributed by atoms with Gasteiger partial charge in [-0.15, -0.1) is 0 Å². The van der Waals surface area contributed by atoms with Crippen molar-refractivity contribution in [3.8, 4) is 0 Å². The molecule has 4 heteroatoms. The highest BCUT2D eigenvalue weighted by atomic mass is 16.1. The topological polar surface area (TPSA) is 38.1 Å². The normalized spacial score (nSPS) is 17.4. The van der Waals surface area contributed by atoms with Gasteiger partial charge < -0.3 is 4.90 Å². The maximum Gasteiger partial charge on any atom is 0.194 e. The van der Waals surface area contributed by atoms with Crippen LogP contribution < -0.4 is 0 Å². The summed E-state index contributed by atoms with van der Waals surface area (Å²) in [5.41, 5.74) is 3.75. The summed E-state index contributed by atoms with van der Waals surface area (Å²) in [4.78, 5) is 14.3. The molecule has 0 saturated carbocycles. The molecular formula is C13H19N3O. The number of aromatic nitrogens is 2. The molecule has 2 rings (SSSR count). The summed E-state index contributed by atoms with van der Waals surface area (Å²) in [6.45, 7) is 2.06. The van der Waals surface area contributed by atoms with Crippen LogP contribution in [0.5, 0.6) is 0 Å². The van der Waals surface area contributed by atoms with Gasteiger partial charge in [-0.3, -0.25) is 9.48 Å². The molecule has 1 aliphatic rings. The highest BCUT2D eigenvalue weighted by Crippen LogP contribution is 2.27. The van der Waals surface area contributed by atoms with E-state index in [0.717, 1.165) is 41.8 Å². The fourth-order valence-corrected chi connectivity index (χ4v) is 2.42. The van der Waals surface area contributed by atoms with Crippen LogP contribution in [0.15, 0.2) is 11.8 Å². The lowest BCUT2D eigenvalue weighted by Crippen LogP contribution is -2.17. The van der Waals surface area contributed by atoms with Crippen molar-refractivity contribution in [2.45, 2.75) is 26.2 Å². The Morgan fingerprint density at radius 2 is 2.12 bits per heavy atom. The van der Waals surface area contributed by atoms with Gasteiger partial charge in [0.25, 0.3) is 0 Å². The van der Waals surface area contributed by atoms with E-state index in [2.05, 4.69) is 12.0 Å². The molecule has 1 heterocycles. The van der Waals surface area contributed by atoms with Crippen LogP contribution >= 0.6 is 0 Å². The van der Waals surface area contributed by atoms with Crippen LogP contribution in [0.25, 0.3) is 0 Å². The number of aryl methyl sites for hydroxylation is 2. The average Bonchev–Trinajstić information content (AvgIpc) is 2.58. The van der Waals surface area contributed by atoms with Crippen LogP contribution in [0.3, 0.4) is 0 Å². The van der Waals surface area contributed by atoms with E-state index in [4.69, 9.17) is 0 Å². The molecule has 0 amide bonds. The molecule has 0 N–H and O–H groups in total. The number of allylic oxidation sites excluding steroid dienone is 1. The van der Waals surface area contributed by atoms with Gasteiger partial charge in [-0.2, -0.15) is 5.10 Å². The van der Waals surface area contributed by atoms with E-state index >= 15 is 0 Å². The van der Waals surface area contributed by atoms with E-state index in [1.807, 2.05) is 36.9 Å². The van der Waals surface area contributed by atoms with Crippen LogP contribution in [0.2, 0.25) is 0 Å². The zero-order valence-corrected chi connectivity index (χ0v) is 10.9. The number of hydrogen-bond acceptors (Lipinski definition) is 3. The molecule has 0 aliphatic heterocycles. The average molecular weight is 233 g/mol. The number of fused-ring (bicyclic) bond motifs is 1. The molecule has 0 saturated heterocycles. The number of carbonyl (C=O) groups excluding carboxylic acids is 1. The van der Waals surface area contributed by atoms with Crippen molar-refractivity contribution in [2.24, 2.45) is 7.05 Å². The summed E-state index contributed by atoms with van der Waals surface area (Å²) < 4.78 is 1.85. The molecule has 1 aromatic rings. The third kappa shape index (κ3) is 1.99. The Labute approximate surface area is 102 Å². The SMILES string of the molecule is CCc1c2c(nn1C)CCC(=CN(C)C)C2=O. The van der Waals surface area contributed by atoms with E-state index < -0.39 is 0 Å². The molecule has 1 aromatic heterocycles. The zero-order chi connectivity index (χ0) is 12.6. The molecule has 0 radical (unpaired) electrons. The first-order valence-electron chi connectivity index (χ1n) is 6.01. The summed E-state index contributed by atoms with van der Waals surface area (Å²) in [5.74, 6) is 0.157. The minimum absolute atomic E-state index is 0.157. The highest BCUT2D eigenvalue weighted by Gasteiger charge is 2.28. The summed E-state index contributed by atoms with van der Waals surface area (Å²) in [6.07, 6.45) is 4.44. The fourth-order valence-electron chi connectivity index (χ4n) is 2.42. The number of hydrogen-bond donors (Lipinski definition) is 0. The molecule has 0 spiro atoms. The number of Topliss-reactive ketones (excluding diaryl/α,β-unsaturated/α-hetero) is 1. The summed E-state index contributed by atoms with van der Waals surface area (Å²) in [6, 6.07) is 0. The number of rotatable bonds is 2. The molecule has 0 bridgehead atoms. The van der Waals surface area contributed by atoms with E-state index in [-0.39, 0.29) is 5.78 Å². The van der Waals surface area contributed by atoms with Crippen molar-refractivity contribution in [1.82, 2.24) is 14.7 Å². The Balaban J connectivity index is 2.48. The number of nitrogens with zero attached hydrogens (tertiary/aromatic N) is 3. The molecule has 17 heavy (non-hydrogen) atoms. The van der Waals surface area contributed by atoms with Gasteiger partial charge in [-0.1, -0.05) is 6.92 Å². The molecule has 4 nitrogen and oxygen atoms in total. The van der Waals surface area contributed by atoms with E-state index in [9.17, 15) is 4.79 Å². The van der Waals surface area contributed by atoms with Gasteiger partial charge in [0.15, 0.2) is 5.78 Å². The molecule has 0 unspecified atom stereocenters. The highest BCUT2D eigenvalue weighted by molar-refractivity contribution is 6.11. The maximum atomic E-state index is 12.4. The molecule has 0 aromatic carbocycles. The monoisotopic (exact) mass is 233 g/mol. The Morgan fingerprint density at radius 1 is 1.41 bits per heavy atom. The lowest BCUT2D eigenvalue weighted by molar-refractivity contribution is 0.102. The van der Waals surface area contributed by atoms with E-state index in [0.29, 0.717) is 0 Å². The Bertz CT molecular complexity index is 483. The summed E-state index contributed by atoms with van der Waals surface area (Å²) in [5, 5.41) is 4.44. The predicted octanol–water partition coefficient (Wildman–Crippen LogP) is 1.56. The van der Waals surface area contributed by atoms with Crippen molar-refractivity contribution in [3.63, 3.8) is 0 Å². The van der Waals surface area contributed by atoms with E-state index in [1.165, 1.54) is 0 Å². The van der Waals surface area contributed by atoms with Gasteiger partial charge in [0.1, 0.15) is 0 Å². The van der Waals surface area contributed by atoms with Crippen molar-refractivity contribution in [3.05, 3.63) is 28.7 Å². The quantitative estimate of drug-likeness (QED) is 0.728. The van der Waals surface area contributed by atoms with Crippen LogP contribution in [-0.4, -0.2) is 34.6 Å².